The highest BCUT2D eigenvalue weighted by Crippen LogP contribution is 2.35. The van der Waals surface area contributed by atoms with Gasteiger partial charge in [-0.25, -0.2) is 4.98 Å². The number of fused-ring (bicyclic) bond motifs is 2. The molecule has 0 saturated heterocycles. The van der Waals surface area contributed by atoms with Crippen LogP contribution in [0, 0.1) is 0 Å². The largest absolute Gasteiger partial charge is 0.486 e. The number of hydrogen-bond donors (Lipinski definition) is 1. The van der Waals surface area contributed by atoms with Crippen molar-refractivity contribution in [3.8, 4) is 11.5 Å². The first-order valence-electron chi connectivity index (χ1n) is 8.38. The first-order valence-corrected chi connectivity index (χ1v) is 8.38. The molecule has 2 N–H and O–H groups in total. The molecule has 24 heavy (non-hydrogen) atoms. The maximum atomic E-state index is 5.74. The number of rotatable bonds is 5. The molecule has 3 aromatic rings. The van der Waals surface area contributed by atoms with E-state index in [4.69, 9.17) is 20.2 Å². The van der Waals surface area contributed by atoms with Gasteiger partial charge in [0.1, 0.15) is 19.0 Å². The fourth-order valence-electron chi connectivity index (χ4n) is 3.10. The van der Waals surface area contributed by atoms with E-state index in [-0.39, 0.29) is 0 Å². The summed E-state index contributed by atoms with van der Waals surface area (Å²) in [5, 5.41) is 0. The fraction of sp³-hybridized carbons (Fsp3) is 0.316. The monoisotopic (exact) mass is 323 g/mol. The van der Waals surface area contributed by atoms with Gasteiger partial charge in [-0.1, -0.05) is 30.3 Å². The molecule has 4 rings (SSSR count). The lowest BCUT2D eigenvalue weighted by Gasteiger charge is -2.18. The van der Waals surface area contributed by atoms with Crippen LogP contribution in [0.25, 0.3) is 11.0 Å². The molecule has 0 saturated carbocycles. The summed E-state index contributed by atoms with van der Waals surface area (Å²) in [5.74, 6) is 2.64. The van der Waals surface area contributed by atoms with Gasteiger partial charge in [0.25, 0.3) is 0 Å². The van der Waals surface area contributed by atoms with Gasteiger partial charge in [-0.15, -0.1) is 0 Å². The van der Waals surface area contributed by atoms with Crippen LogP contribution in [0.15, 0.2) is 42.5 Å². The summed E-state index contributed by atoms with van der Waals surface area (Å²) >= 11 is 0. The number of ether oxygens (including phenoxy) is 2. The average molecular weight is 323 g/mol. The van der Waals surface area contributed by atoms with Gasteiger partial charge in [0.15, 0.2) is 11.5 Å². The van der Waals surface area contributed by atoms with E-state index >= 15 is 0 Å². The molecule has 0 amide bonds. The quantitative estimate of drug-likeness (QED) is 0.784. The molecule has 1 aromatic heterocycles. The molecule has 5 nitrogen and oxygen atoms in total. The van der Waals surface area contributed by atoms with Gasteiger partial charge in [0.2, 0.25) is 0 Å². The van der Waals surface area contributed by atoms with Crippen molar-refractivity contribution >= 4 is 11.0 Å². The standard InChI is InChI=1S/C19H21N3O2/c20-8-4-7-19-21-15-11-17-18(24-10-9-23-17)12-16(15)22(19)13-14-5-2-1-3-6-14/h1-3,5-6,11-12H,4,7-10,13,20H2. The Morgan fingerprint density at radius 2 is 1.79 bits per heavy atom. The molecule has 0 unspecified atom stereocenters. The lowest BCUT2D eigenvalue weighted by molar-refractivity contribution is 0.172. The van der Waals surface area contributed by atoms with E-state index in [0.717, 1.165) is 47.7 Å². The molecule has 0 radical (unpaired) electrons. The number of benzene rings is 2. The molecule has 1 aliphatic heterocycles. The highest BCUT2D eigenvalue weighted by Gasteiger charge is 2.18. The molecule has 2 aromatic carbocycles. The minimum absolute atomic E-state index is 0.587. The van der Waals surface area contributed by atoms with Gasteiger partial charge in [-0.3, -0.25) is 0 Å². The smallest absolute Gasteiger partial charge is 0.163 e. The number of nitrogens with two attached hydrogens (primary N) is 1. The van der Waals surface area contributed by atoms with Gasteiger partial charge in [-0.05, 0) is 18.5 Å². The van der Waals surface area contributed by atoms with Gasteiger partial charge < -0.3 is 19.8 Å². The van der Waals surface area contributed by atoms with Crippen molar-refractivity contribution in [3.63, 3.8) is 0 Å². The Kier molecular flexibility index (Phi) is 4.09. The molecule has 0 fully saturated rings. The number of imidazole rings is 1. The maximum Gasteiger partial charge on any atom is 0.163 e. The molecule has 0 atom stereocenters. The number of aromatic nitrogens is 2. The van der Waals surface area contributed by atoms with Crippen LogP contribution in [-0.4, -0.2) is 29.3 Å². The Labute approximate surface area is 141 Å². The van der Waals surface area contributed by atoms with E-state index < -0.39 is 0 Å². The molecule has 1 aliphatic rings. The molecular formula is C19H21N3O2. The molecule has 124 valence electrons. The van der Waals surface area contributed by atoms with Crippen LogP contribution in [0.2, 0.25) is 0 Å². The van der Waals surface area contributed by atoms with E-state index in [1.54, 1.807) is 0 Å². The van der Waals surface area contributed by atoms with Crippen LogP contribution >= 0.6 is 0 Å². The van der Waals surface area contributed by atoms with Gasteiger partial charge in [-0.2, -0.15) is 0 Å². The minimum atomic E-state index is 0.587. The Balaban J connectivity index is 1.80. The van der Waals surface area contributed by atoms with Crippen LogP contribution in [0.1, 0.15) is 17.8 Å². The van der Waals surface area contributed by atoms with E-state index in [0.29, 0.717) is 19.8 Å². The molecule has 0 aliphatic carbocycles. The first kappa shape index (κ1) is 15.0. The zero-order valence-corrected chi connectivity index (χ0v) is 13.6. The summed E-state index contributed by atoms with van der Waals surface area (Å²) in [6.45, 7) is 2.63. The lowest BCUT2D eigenvalue weighted by atomic mass is 10.2. The van der Waals surface area contributed by atoms with Gasteiger partial charge >= 0.3 is 0 Å². The van der Waals surface area contributed by atoms with Gasteiger partial charge in [0.05, 0.1) is 11.0 Å². The van der Waals surface area contributed by atoms with Crippen molar-refractivity contribution < 1.29 is 9.47 Å². The summed E-state index contributed by atoms with van der Waals surface area (Å²) in [5.41, 5.74) is 8.97. The SMILES string of the molecule is NCCCc1nc2cc3c(cc2n1Cc1ccccc1)OCCO3. The zero-order chi connectivity index (χ0) is 16.4. The minimum Gasteiger partial charge on any atom is -0.486 e. The normalized spacial score (nSPS) is 13.4. The van der Waals surface area contributed by atoms with E-state index in [9.17, 15) is 0 Å². The second-order valence-electron chi connectivity index (χ2n) is 5.98. The van der Waals surface area contributed by atoms with Crippen molar-refractivity contribution in [2.75, 3.05) is 19.8 Å². The Morgan fingerprint density at radius 3 is 2.54 bits per heavy atom. The van der Waals surface area contributed by atoms with Crippen LogP contribution in [0.5, 0.6) is 11.5 Å². The summed E-state index contributed by atoms with van der Waals surface area (Å²) in [4.78, 5) is 4.83. The third kappa shape index (κ3) is 2.83. The fourth-order valence-corrected chi connectivity index (χ4v) is 3.10. The summed E-state index contributed by atoms with van der Waals surface area (Å²) in [6.07, 6.45) is 1.79. The predicted molar refractivity (Wildman–Crippen MR) is 93.6 cm³/mol. The van der Waals surface area contributed by atoms with Crippen molar-refractivity contribution in [3.05, 3.63) is 53.9 Å². The van der Waals surface area contributed by atoms with Crippen LogP contribution in [0.4, 0.5) is 0 Å². The maximum absolute atomic E-state index is 5.74. The molecule has 2 heterocycles. The highest BCUT2D eigenvalue weighted by atomic mass is 16.6. The molecule has 5 heteroatoms. The number of nitrogens with zero attached hydrogens (tertiary/aromatic N) is 2. The van der Waals surface area contributed by atoms with E-state index in [1.165, 1.54) is 5.56 Å². The summed E-state index contributed by atoms with van der Waals surface area (Å²) in [6, 6.07) is 14.5. The summed E-state index contributed by atoms with van der Waals surface area (Å²) < 4.78 is 13.7. The first-order chi connectivity index (χ1) is 11.8. The van der Waals surface area contributed by atoms with E-state index in [2.05, 4.69) is 28.8 Å². The number of hydrogen-bond acceptors (Lipinski definition) is 4. The Bertz CT molecular complexity index is 843. The van der Waals surface area contributed by atoms with Crippen LogP contribution < -0.4 is 15.2 Å². The molecule has 0 bridgehead atoms. The van der Waals surface area contributed by atoms with Crippen molar-refractivity contribution in [1.82, 2.24) is 9.55 Å². The molecule has 0 spiro atoms. The van der Waals surface area contributed by atoms with Crippen molar-refractivity contribution in [1.29, 1.82) is 0 Å². The topological polar surface area (TPSA) is 62.3 Å². The molecular weight excluding hydrogens is 302 g/mol. The van der Waals surface area contributed by atoms with Crippen LogP contribution in [-0.2, 0) is 13.0 Å². The second-order valence-corrected chi connectivity index (χ2v) is 5.98. The van der Waals surface area contributed by atoms with Crippen molar-refractivity contribution in [2.24, 2.45) is 5.73 Å². The van der Waals surface area contributed by atoms with Crippen LogP contribution in [0.3, 0.4) is 0 Å². The third-order valence-electron chi connectivity index (χ3n) is 4.28. The highest BCUT2D eigenvalue weighted by molar-refractivity contribution is 5.81. The summed E-state index contributed by atoms with van der Waals surface area (Å²) in [7, 11) is 0. The van der Waals surface area contributed by atoms with Gasteiger partial charge in [0, 0.05) is 25.1 Å². The Hall–Kier alpha value is -2.53. The number of aryl methyl sites for hydroxylation is 1. The average Bonchev–Trinajstić information content (AvgIpc) is 2.95. The lowest BCUT2D eigenvalue weighted by Crippen LogP contribution is -2.15. The van der Waals surface area contributed by atoms with Crippen molar-refractivity contribution in [2.45, 2.75) is 19.4 Å². The second kappa shape index (κ2) is 6.53. The Morgan fingerprint density at radius 1 is 1.04 bits per heavy atom. The predicted octanol–water partition coefficient (Wildman–Crippen LogP) is 2.75. The third-order valence-corrected chi connectivity index (χ3v) is 4.28. The van der Waals surface area contributed by atoms with E-state index in [1.807, 2.05) is 18.2 Å². The zero-order valence-electron chi connectivity index (χ0n) is 13.6.